The summed E-state index contributed by atoms with van der Waals surface area (Å²) in [6, 6.07) is 4.50. The van der Waals surface area contributed by atoms with Gasteiger partial charge in [0.2, 0.25) is 0 Å². The average molecular weight is 319 g/mol. The number of aryl methyl sites for hydroxylation is 1. The Bertz CT molecular complexity index is 586. The van der Waals surface area contributed by atoms with E-state index >= 15 is 0 Å². The van der Waals surface area contributed by atoms with E-state index in [1.165, 1.54) is 29.0 Å². The molecular weight excluding hydrogens is 294 g/mol. The van der Waals surface area contributed by atoms with Gasteiger partial charge in [0.15, 0.2) is 0 Å². The quantitative estimate of drug-likeness (QED) is 0.810. The highest BCUT2D eigenvalue weighted by Gasteiger charge is 2.18. The zero-order valence-corrected chi connectivity index (χ0v) is 14.3. The van der Waals surface area contributed by atoms with E-state index in [1.807, 2.05) is 23.7 Å². The fourth-order valence-corrected chi connectivity index (χ4v) is 4.14. The van der Waals surface area contributed by atoms with Crippen molar-refractivity contribution in [1.29, 1.82) is 0 Å². The number of hydrogen-bond donors (Lipinski definition) is 0. The number of aromatic nitrogens is 2. The van der Waals surface area contributed by atoms with Gasteiger partial charge in [-0.1, -0.05) is 0 Å². The van der Waals surface area contributed by atoms with Gasteiger partial charge in [0, 0.05) is 41.8 Å². The Morgan fingerprint density at radius 3 is 3.05 bits per heavy atom. The van der Waals surface area contributed by atoms with Crippen molar-refractivity contribution in [2.75, 3.05) is 13.7 Å². The lowest BCUT2D eigenvalue weighted by molar-refractivity contribution is 0.0172. The maximum absolute atomic E-state index is 5.88. The molecule has 0 aliphatic carbocycles. The standard InChI is InChI=1S/C17H25N3OS/c1-3-20-10-9-18-17(20)13-19(2)12-14-7-8-16(22-14)15-6-4-5-11-21-15/h7-10,15H,3-6,11-13H2,1-2H3/t15-/m1/s1. The Labute approximate surface area is 136 Å². The average Bonchev–Trinajstić information content (AvgIpc) is 3.17. The van der Waals surface area contributed by atoms with Gasteiger partial charge in [-0.3, -0.25) is 4.90 Å². The summed E-state index contributed by atoms with van der Waals surface area (Å²) < 4.78 is 8.08. The zero-order chi connectivity index (χ0) is 15.4. The molecule has 22 heavy (non-hydrogen) atoms. The molecule has 3 heterocycles. The van der Waals surface area contributed by atoms with Gasteiger partial charge in [-0.25, -0.2) is 4.98 Å². The molecule has 2 aromatic heterocycles. The highest BCUT2D eigenvalue weighted by Crippen LogP contribution is 2.33. The second-order valence-corrected chi connectivity index (χ2v) is 7.16. The second-order valence-electron chi connectivity index (χ2n) is 5.96. The summed E-state index contributed by atoms with van der Waals surface area (Å²) in [6.45, 7) is 5.89. The summed E-state index contributed by atoms with van der Waals surface area (Å²) >= 11 is 1.90. The fraction of sp³-hybridized carbons (Fsp3) is 0.588. The molecule has 1 atom stereocenters. The van der Waals surface area contributed by atoms with Crippen LogP contribution in [0.4, 0.5) is 0 Å². The molecule has 0 spiro atoms. The van der Waals surface area contributed by atoms with Crippen molar-refractivity contribution in [1.82, 2.24) is 14.5 Å². The van der Waals surface area contributed by atoms with E-state index in [-0.39, 0.29) is 0 Å². The van der Waals surface area contributed by atoms with Crippen molar-refractivity contribution in [2.45, 2.75) is 51.9 Å². The summed E-state index contributed by atoms with van der Waals surface area (Å²) in [5, 5.41) is 0. The molecule has 0 aromatic carbocycles. The van der Waals surface area contributed by atoms with Gasteiger partial charge in [-0.05, 0) is 45.4 Å². The Morgan fingerprint density at radius 1 is 1.36 bits per heavy atom. The number of rotatable bonds is 6. The minimum atomic E-state index is 0.330. The van der Waals surface area contributed by atoms with Crippen LogP contribution in [-0.4, -0.2) is 28.1 Å². The molecule has 1 fully saturated rings. The number of thiophene rings is 1. The molecule has 120 valence electrons. The SMILES string of the molecule is CCn1ccnc1CN(C)Cc1ccc([C@H]2CCCCO2)s1. The van der Waals surface area contributed by atoms with Gasteiger partial charge in [-0.15, -0.1) is 11.3 Å². The molecule has 0 saturated carbocycles. The van der Waals surface area contributed by atoms with Gasteiger partial charge < -0.3 is 9.30 Å². The smallest absolute Gasteiger partial charge is 0.122 e. The lowest BCUT2D eigenvalue weighted by atomic mass is 10.1. The largest absolute Gasteiger partial charge is 0.373 e. The maximum Gasteiger partial charge on any atom is 0.122 e. The van der Waals surface area contributed by atoms with Crippen molar-refractivity contribution < 1.29 is 4.74 Å². The monoisotopic (exact) mass is 319 g/mol. The Kier molecular flexibility index (Phi) is 5.28. The topological polar surface area (TPSA) is 30.3 Å². The van der Waals surface area contributed by atoms with E-state index in [2.05, 4.69) is 40.6 Å². The zero-order valence-electron chi connectivity index (χ0n) is 13.5. The van der Waals surface area contributed by atoms with Gasteiger partial charge >= 0.3 is 0 Å². The molecule has 1 aliphatic rings. The normalized spacial score (nSPS) is 19.0. The van der Waals surface area contributed by atoms with Gasteiger partial charge in [0.25, 0.3) is 0 Å². The van der Waals surface area contributed by atoms with Crippen LogP contribution in [-0.2, 0) is 24.4 Å². The lowest BCUT2D eigenvalue weighted by Crippen LogP contribution is -2.19. The van der Waals surface area contributed by atoms with Gasteiger partial charge in [0.05, 0.1) is 12.6 Å². The van der Waals surface area contributed by atoms with Crippen molar-refractivity contribution >= 4 is 11.3 Å². The predicted octanol–water partition coefficient (Wildman–Crippen LogP) is 3.84. The van der Waals surface area contributed by atoms with Crippen LogP contribution < -0.4 is 0 Å². The maximum atomic E-state index is 5.88. The number of nitrogens with zero attached hydrogens (tertiary/aromatic N) is 3. The Balaban J connectivity index is 1.57. The first-order valence-corrected chi connectivity index (χ1v) is 8.96. The van der Waals surface area contributed by atoms with Crippen molar-refractivity contribution in [2.24, 2.45) is 0 Å². The van der Waals surface area contributed by atoms with E-state index in [1.54, 1.807) is 0 Å². The third-order valence-corrected chi connectivity index (χ3v) is 5.32. The van der Waals surface area contributed by atoms with Gasteiger partial charge in [0.1, 0.15) is 5.82 Å². The minimum Gasteiger partial charge on any atom is -0.373 e. The van der Waals surface area contributed by atoms with Crippen LogP contribution in [0.3, 0.4) is 0 Å². The molecule has 0 bridgehead atoms. The predicted molar refractivity (Wildman–Crippen MR) is 89.9 cm³/mol. The Hall–Kier alpha value is -1.17. The van der Waals surface area contributed by atoms with E-state index in [9.17, 15) is 0 Å². The molecular formula is C17H25N3OS. The van der Waals surface area contributed by atoms with Crippen LogP contribution in [0, 0.1) is 0 Å². The van der Waals surface area contributed by atoms with Crippen LogP contribution in [0.2, 0.25) is 0 Å². The lowest BCUT2D eigenvalue weighted by Gasteiger charge is -2.21. The first kappa shape index (κ1) is 15.7. The molecule has 2 aromatic rings. The highest BCUT2D eigenvalue weighted by molar-refractivity contribution is 7.12. The second kappa shape index (κ2) is 7.40. The summed E-state index contributed by atoms with van der Waals surface area (Å²) in [7, 11) is 2.16. The molecule has 1 saturated heterocycles. The van der Waals surface area contributed by atoms with E-state index in [0.29, 0.717) is 6.10 Å². The summed E-state index contributed by atoms with van der Waals surface area (Å²) in [6.07, 6.45) is 7.93. The van der Waals surface area contributed by atoms with Crippen molar-refractivity contribution in [3.63, 3.8) is 0 Å². The molecule has 0 N–H and O–H groups in total. The molecule has 1 aliphatic heterocycles. The third kappa shape index (κ3) is 3.77. The summed E-state index contributed by atoms with van der Waals surface area (Å²) in [4.78, 5) is 9.57. The van der Waals surface area contributed by atoms with E-state index < -0.39 is 0 Å². The Morgan fingerprint density at radius 2 is 2.27 bits per heavy atom. The van der Waals surface area contributed by atoms with Crippen LogP contribution in [0.15, 0.2) is 24.5 Å². The molecule has 5 heteroatoms. The third-order valence-electron chi connectivity index (χ3n) is 4.16. The molecule has 3 rings (SSSR count). The van der Waals surface area contributed by atoms with Crippen molar-refractivity contribution in [3.8, 4) is 0 Å². The molecule has 0 unspecified atom stereocenters. The number of hydrogen-bond acceptors (Lipinski definition) is 4. The molecule has 0 amide bonds. The van der Waals surface area contributed by atoms with Crippen LogP contribution in [0.5, 0.6) is 0 Å². The summed E-state index contributed by atoms with van der Waals surface area (Å²) in [5.74, 6) is 1.14. The molecule has 4 nitrogen and oxygen atoms in total. The van der Waals surface area contributed by atoms with Crippen molar-refractivity contribution in [3.05, 3.63) is 40.1 Å². The van der Waals surface area contributed by atoms with Crippen LogP contribution in [0.25, 0.3) is 0 Å². The number of imidazole rings is 1. The minimum absolute atomic E-state index is 0.330. The first-order chi connectivity index (χ1) is 10.8. The highest BCUT2D eigenvalue weighted by atomic mass is 32.1. The van der Waals surface area contributed by atoms with Gasteiger partial charge in [-0.2, -0.15) is 0 Å². The molecule has 0 radical (unpaired) electrons. The van der Waals surface area contributed by atoms with E-state index in [0.717, 1.165) is 32.1 Å². The first-order valence-electron chi connectivity index (χ1n) is 8.15. The van der Waals surface area contributed by atoms with Crippen LogP contribution >= 0.6 is 11.3 Å². The van der Waals surface area contributed by atoms with Crippen LogP contribution in [0.1, 0.15) is 47.9 Å². The van der Waals surface area contributed by atoms with E-state index in [4.69, 9.17) is 4.74 Å². The number of ether oxygens (including phenoxy) is 1. The fourth-order valence-electron chi connectivity index (χ4n) is 2.96. The summed E-state index contributed by atoms with van der Waals surface area (Å²) in [5.41, 5.74) is 0.